The van der Waals surface area contributed by atoms with Crippen LogP contribution in [0, 0.1) is 6.92 Å². The molecule has 0 radical (unpaired) electrons. The summed E-state index contributed by atoms with van der Waals surface area (Å²) >= 11 is 0. The van der Waals surface area contributed by atoms with E-state index in [1.165, 1.54) is 0 Å². The zero-order valence-corrected chi connectivity index (χ0v) is 11.5. The molecule has 20 heavy (non-hydrogen) atoms. The molecule has 1 unspecified atom stereocenters. The van der Waals surface area contributed by atoms with E-state index in [1.807, 2.05) is 49.4 Å². The van der Waals surface area contributed by atoms with E-state index in [0.717, 1.165) is 27.8 Å². The second-order valence-corrected chi connectivity index (χ2v) is 4.82. The first-order valence-corrected chi connectivity index (χ1v) is 6.49. The van der Waals surface area contributed by atoms with Crippen molar-refractivity contribution in [3.8, 4) is 5.75 Å². The van der Waals surface area contributed by atoms with Crippen molar-refractivity contribution in [1.82, 2.24) is 0 Å². The highest BCUT2D eigenvalue weighted by Gasteiger charge is 2.14. The molecule has 0 saturated heterocycles. The van der Waals surface area contributed by atoms with Crippen molar-refractivity contribution in [1.29, 1.82) is 0 Å². The molecule has 1 aromatic heterocycles. The molecule has 0 aliphatic carbocycles. The Morgan fingerprint density at radius 2 is 1.75 bits per heavy atom. The third-order valence-electron chi connectivity index (χ3n) is 3.42. The standard InChI is InChI=1S/C17H16O3/c1-11-3-8-16(20-11)17(18)14-5-4-13-10-15(19-2)7-6-12(13)9-14/h3-10,17-18H,1-2H3. The van der Waals surface area contributed by atoms with Gasteiger partial charge in [-0.3, -0.25) is 0 Å². The molecule has 2 aromatic carbocycles. The van der Waals surface area contributed by atoms with E-state index >= 15 is 0 Å². The molecule has 3 rings (SSSR count). The van der Waals surface area contributed by atoms with Gasteiger partial charge in [-0.25, -0.2) is 0 Å². The molecule has 0 spiro atoms. The van der Waals surface area contributed by atoms with E-state index < -0.39 is 6.10 Å². The number of aryl methyl sites for hydroxylation is 1. The van der Waals surface area contributed by atoms with Gasteiger partial charge in [0, 0.05) is 0 Å². The lowest BCUT2D eigenvalue weighted by Crippen LogP contribution is -1.97. The molecule has 102 valence electrons. The van der Waals surface area contributed by atoms with Crippen LogP contribution in [-0.4, -0.2) is 12.2 Å². The summed E-state index contributed by atoms with van der Waals surface area (Å²) in [4.78, 5) is 0. The van der Waals surface area contributed by atoms with Crippen LogP contribution in [0.3, 0.4) is 0 Å². The molecule has 1 atom stereocenters. The SMILES string of the molecule is COc1ccc2cc(C(O)c3ccc(C)o3)ccc2c1. The van der Waals surface area contributed by atoms with Gasteiger partial charge >= 0.3 is 0 Å². The molecule has 0 aliphatic heterocycles. The lowest BCUT2D eigenvalue weighted by Gasteiger charge is -2.10. The second kappa shape index (κ2) is 5.02. The van der Waals surface area contributed by atoms with Crippen molar-refractivity contribution in [3.05, 3.63) is 65.6 Å². The van der Waals surface area contributed by atoms with Gasteiger partial charge in [0.1, 0.15) is 23.4 Å². The van der Waals surface area contributed by atoms with Crippen molar-refractivity contribution in [2.75, 3.05) is 7.11 Å². The third-order valence-corrected chi connectivity index (χ3v) is 3.42. The number of aliphatic hydroxyl groups is 1. The first-order chi connectivity index (χ1) is 9.67. The minimum absolute atomic E-state index is 0.565. The molecule has 0 bridgehead atoms. The number of ether oxygens (including phenoxy) is 1. The second-order valence-electron chi connectivity index (χ2n) is 4.82. The predicted octanol–water partition coefficient (Wildman–Crippen LogP) is 3.83. The molecule has 0 saturated carbocycles. The van der Waals surface area contributed by atoms with E-state index in [0.29, 0.717) is 5.76 Å². The molecule has 1 heterocycles. The van der Waals surface area contributed by atoms with E-state index in [1.54, 1.807) is 13.2 Å². The summed E-state index contributed by atoms with van der Waals surface area (Å²) in [5, 5.41) is 12.5. The summed E-state index contributed by atoms with van der Waals surface area (Å²) in [6, 6.07) is 15.4. The van der Waals surface area contributed by atoms with Crippen LogP contribution in [0.1, 0.15) is 23.2 Å². The Kier molecular flexibility index (Phi) is 3.20. The van der Waals surface area contributed by atoms with Crippen LogP contribution < -0.4 is 4.74 Å². The van der Waals surface area contributed by atoms with Crippen molar-refractivity contribution in [2.45, 2.75) is 13.0 Å². The van der Waals surface area contributed by atoms with Gasteiger partial charge in [0.2, 0.25) is 0 Å². The number of aliphatic hydroxyl groups excluding tert-OH is 1. The Labute approximate surface area is 117 Å². The zero-order chi connectivity index (χ0) is 14.1. The summed E-state index contributed by atoms with van der Waals surface area (Å²) in [6.07, 6.45) is -0.741. The highest BCUT2D eigenvalue weighted by Crippen LogP contribution is 2.28. The molecule has 3 heteroatoms. The van der Waals surface area contributed by atoms with Gasteiger partial charge in [-0.15, -0.1) is 0 Å². The zero-order valence-electron chi connectivity index (χ0n) is 11.5. The number of rotatable bonds is 3. The quantitative estimate of drug-likeness (QED) is 0.785. The number of furan rings is 1. The molecule has 3 aromatic rings. The minimum atomic E-state index is -0.741. The first kappa shape index (κ1) is 12.8. The number of hydrogen-bond donors (Lipinski definition) is 1. The highest BCUT2D eigenvalue weighted by atomic mass is 16.5. The van der Waals surface area contributed by atoms with Crippen LogP contribution in [0.5, 0.6) is 5.75 Å². The van der Waals surface area contributed by atoms with Crippen LogP contribution in [0.4, 0.5) is 0 Å². The average molecular weight is 268 g/mol. The van der Waals surface area contributed by atoms with Gasteiger partial charge < -0.3 is 14.3 Å². The molecular weight excluding hydrogens is 252 g/mol. The fourth-order valence-corrected chi connectivity index (χ4v) is 2.30. The number of fused-ring (bicyclic) bond motifs is 1. The topological polar surface area (TPSA) is 42.6 Å². The Bertz CT molecular complexity index is 743. The van der Waals surface area contributed by atoms with E-state index in [-0.39, 0.29) is 0 Å². The van der Waals surface area contributed by atoms with Crippen molar-refractivity contribution in [2.24, 2.45) is 0 Å². The average Bonchev–Trinajstić information content (AvgIpc) is 2.92. The van der Waals surface area contributed by atoms with Crippen molar-refractivity contribution < 1.29 is 14.3 Å². The Balaban J connectivity index is 2.00. The van der Waals surface area contributed by atoms with E-state index in [4.69, 9.17) is 9.15 Å². The molecule has 0 amide bonds. The first-order valence-electron chi connectivity index (χ1n) is 6.49. The maximum absolute atomic E-state index is 10.3. The van der Waals surface area contributed by atoms with Gasteiger partial charge in [0.25, 0.3) is 0 Å². The van der Waals surface area contributed by atoms with Gasteiger partial charge in [0.15, 0.2) is 0 Å². The van der Waals surface area contributed by atoms with Gasteiger partial charge in [-0.2, -0.15) is 0 Å². The number of methoxy groups -OCH3 is 1. The molecule has 3 nitrogen and oxygen atoms in total. The van der Waals surface area contributed by atoms with Crippen LogP contribution in [0.15, 0.2) is 52.9 Å². The summed E-state index contributed by atoms with van der Waals surface area (Å²) in [7, 11) is 1.65. The maximum atomic E-state index is 10.3. The van der Waals surface area contributed by atoms with E-state index in [2.05, 4.69) is 0 Å². The lowest BCUT2D eigenvalue weighted by atomic mass is 10.0. The molecule has 1 N–H and O–H groups in total. The minimum Gasteiger partial charge on any atom is -0.497 e. The predicted molar refractivity (Wildman–Crippen MR) is 78.0 cm³/mol. The summed E-state index contributed by atoms with van der Waals surface area (Å²) in [5.41, 5.74) is 0.817. The molecule has 0 aliphatic rings. The van der Waals surface area contributed by atoms with Crippen molar-refractivity contribution >= 4 is 10.8 Å². The van der Waals surface area contributed by atoms with Crippen LogP contribution in [0.2, 0.25) is 0 Å². The third kappa shape index (κ3) is 2.28. The summed E-state index contributed by atoms with van der Waals surface area (Å²) in [5.74, 6) is 2.19. The largest absolute Gasteiger partial charge is 0.497 e. The summed E-state index contributed by atoms with van der Waals surface area (Å²) in [6.45, 7) is 1.86. The Hall–Kier alpha value is -2.26. The Morgan fingerprint density at radius 3 is 2.45 bits per heavy atom. The normalized spacial score (nSPS) is 12.6. The van der Waals surface area contributed by atoms with Gasteiger partial charge in [0.05, 0.1) is 7.11 Å². The highest BCUT2D eigenvalue weighted by molar-refractivity contribution is 5.84. The number of hydrogen-bond acceptors (Lipinski definition) is 3. The van der Waals surface area contributed by atoms with E-state index in [9.17, 15) is 5.11 Å². The smallest absolute Gasteiger partial charge is 0.137 e. The maximum Gasteiger partial charge on any atom is 0.137 e. The number of benzene rings is 2. The van der Waals surface area contributed by atoms with Crippen LogP contribution >= 0.6 is 0 Å². The van der Waals surface area contributed by atoms with Crippen molar-refractivity contribution in [3.63, 3.8) is 0 Å². The summed E-state index contributed by atoms with van der Waals surface area (Å²) < 4.78 is 10.7. The molecule has 0 fully saturated rings. The van der Waals surface area contributed by atoms with Crippen LogP contribution in [-0.2, 0) is 0 Å². The van der Waals surface area contributed by atoms with Crippen LogP contribution in [0.25, 0.3) is 10.8 Å². The lowest BCUT2D eigenvalue weighted by molar-refractivity contribution is 0.188. The Morgan fingerprint density at radius 1 is 1.00 bits per heavy atom. The fraction of sp³-hybridized carbons (Fsp3) is 0.176. The van der Waals surface area contributed by atoms with Gasteiger partial charge in [-0.1, -0.05) is 18.2 Å². The molecular formula is C17H16O3. The van der Waals surface area contributed by atoms with Gasteiger partial charge in [-0.05, 0) is 53.6 Å². The monoisotopic (exact) mass is 268 g/mol. The fourth-order valence-electron chi connectivity index (χ4n) is 2.30.